The fourth-order valence-electron chi connectivity index (χ4n) is 5.80. The summed E-state index contributed by atoms with van der Waals surface area (Å²) >= 11 is 6.77. The largest absolute Gasteiger partial charge is 0.486 e. The molecule has 236 valence electrons. The number of ether oxygens (including phenoxy) is 3. The Hall–Kier alpha value is -2.43. The number of carbonyl (C=O) groups is 3. The Labute approximate surface area is 272 Å². The highest BCUT2D eigenvalue weighted by molar-refractivity contribution is 9.10. The van der Waals surface area contributed by atoms with E-state index >= 15 is 0 Å². The second kappa shape index (κ2) is 13.7. The van der Waals surface area contributed by atoms with E-state index in [1.54, 1.807) is 11.0 Å². The molecule has 0 bridgehead atoms. The Morgan fingerprint density at radius 3 is 1.70 bits per heavy atom. The van der Waals surface area contributed by atoms with Gasteiger partial charge in [-0.2, -0.15) is 0 Å². The minimum absolute atomic E-state index is 0. The van der Waals surface area contributed by atoms with E-state index in [0.29, 0.717) is 55.6 Å². The van der Waals surface area contributed by atoms with Gasteiger partial charge in [-0.05, 0) is 70.3 Å². The number of Topliss-reactive ketones (excluding diaryl/α,β-unsaturated/α-hetero) is 2. The van der Waals surface area contributed by atoms with Crippen molar-refractivity contribution in [2.75, 3.05) is 26.2 Å². The summed E-state index contributed by atoms with van der Waals surface area (Å²) in [4.78, 5) is 38.6. The minimum atomic E-state index is -0.504. The maximum Gasteiger partial charge on any atom is 0.410 e. The van der Waals surface area contributed by atoms with E-state index < -0.39 is 11.2 Å². The van der Waals surface area contributed by atoms with Gasteiger partial charge in [0.05, 0.1) is 24.0 Å². The molecule has 4 aliphatic heterocycles. The van der Waals surface area contributed by atoms with Gasteiger partial charge in [-0.15, -0.1) is 0 Å². The van der Waals surface area contributed by atoms with Crippen LogP contribution < -0.4 is 14.8 Å². The number of rotatable bonds is 0. The lowest BCUT2D eigenvalue weighted by Gasteiger charge is -2.44. The Morgan fingerprint density at radius 1 is 0.814 bits per heavy atom. The minimum Gasteiger partial charge on any atom is -0.486 e. The number of nitrogens with one attached hydrogen (secondary N) is 1. The molecule has 2 aromatic carbocycles. The number of amides is 1. The van der Waals surface area contributed by atoms with Crippen LogP contribution in [0.4, 0.5) is 4.79 Å². The van der Waals surface area contributed by atoms with E-state index in [4.69, 9.17) is 14.2 Å². The number of fused-ring (bicyclic) bond motifs is 2. The first kappa shape index (κ1) is 35.1. The highest BCUT2D eigenvalue weighted by Crippen LogP contribution is 2.41. The molecule has 4 heterocycles. The molecular formula is C33H44Br2N2O6. The van der Waals surface area contributed by atoms with Crippen molar-refractivity contribution in [2.24, 2.45) is 0 Å². The maximum absolute atomic E-state index is 12.5. The number of likely N-dealkylation sites (tertiary alicyclic amines) is 1. The number of halogens is 2. The summed E-state index contributed by atoms with van der Waals surface area (Å²) in [6.45, 7) is 8.50. The second-order valence-corrected chi connectivity index (χ2v) is 14.1. The molecule has 8 nitrogen and oxygen atoms in total. The lowest BCUT2D eigenvalue weighted by Crippen LogP contribution is -2.52. The Morgan fingerprint density at radius 2 is 1.26 bits per heavy atom. The summed E-state index contributed by atoms with van der Waals surface area (Å²) in [5.41, 5.74) is 0.0724. The zero-order chi connectivity index (χ0) is 29.4. The van der Waals surface area contributed by atoms with Gasteiger partial charge in [-0.1, -0.05) is 46.7 Å². The van der Waals surface area contributed by atoms with Crippen LogP contribution >= 0.6 is 31.9 Å². The highest BCUT2D eigenvalue weighted by Gasteiger charge is 2.44. The normalized spacial score (nSPS) is 19.7. The monoisotopic (exact) mass is 722 g/mol. The summed E-state index contributed by atoms with van der Waals surface area (Å²) in [5.74, 6) is 1.68. The predicted octanol–water partition coefficient (Wildman–Crippen LogP) is 7.99. The second-order valence-electron chi connectivity index (χ2n) is 12.3. The Kier molecular flexibility index (Phi) is 11.2. The highest BCUT2D eigenvalue weighted by atomic mass is 79.9. The lowest BCUT2D eigenvalue weighted by molar-refractivity contribution is -0.0226. The molecule has 0 saturated carbocycles. The first-order valence-electron chi connectivity index (χ1n) is 14.1. The van der Waals surface area contributed by atoms with E-state index in [-0.39, 0.29) is 38.1 Å². The van der Waals surface area contributed by atoms with Crippen molar-refractivity contribution in [1.82, 2.24) is 10.2 Å². The fourth-order valence-corrected chi connectivity index (χ4v) is 6.52. The molecule has 0 radical (unpaired) electrons. The van der Waals surface area contributed by atoms with Crippen LogP contribution in [0.5, 0.6) is 11.5 Å². The van der Waals surface area contributed by atoms with Gasteiger partial charge in [0.25, 0.3) is 0 Å². The first-order valence-corrected chi connectivity index (χ1v) is 15.7. The van der Waals surface area contributed by atoms with E-state index in [9.17, 15) is 14.4 Å². The zero-order valence-corrected chi connectivity index (χ0v) is 26.9. The van der Waals surface area contributed by atoms with Gasteiger partial charge in [0.2, 0.25) is 0 Å². The number of piperidine rings is 2. The summed E-state index contributed by atoms with van der Waals surface area (Å²) in [7, 11) is 0. The van der Waals surface area contributed by atoms with Crippen LogP contribution in [0.2, 0.25) is 0 Å². The molecule has 0 atom stereocenters. The van der Waals surface area contributed by atoms with Crippen molar-refractivity contribution >= 4 is 49.5 Å². The Bertz CT molecular complexity index is 1340. The van der Waals surface area contributed by atoms with Gasteiger partial charge in [-0.25, -0.2) is 4.79 Å². The summed E-state index contributed by atoms with van der Waals surface area (Å²) in [6, 6.07) is 11.2. The molecule has 4 aliphatic rings. The van der Waals surface area contributed by atoms with Crippen LogP contribution in [0.15, 0.2) is 45.3 Å². The topological polar surface area (TPSA) is 94.2 Å². The maximum atomic E-state index is 12.5. The molecule has 1 amide bonds. The number of hydrogen-bond acceptors (Lipinski definition) is 7. The molecule has 0 unspecified atom stereocenters. The SMILES string of the molecule is C.C.CC(C)(C)OC(=O)N1CCC2(CC1)CC(=O)c1cc(Br)ccc1O2.O=C1CC2(CCNCC2)Oc2ccc(Br)cc21. The van der Waals surface area contributed by atoms with E-state index in [0.717, 1.165) is 40.6 Å². The van der Waals surface area contributed by atoms with Gasteiger partial charge in [0.1, 0.15) is 28.3 Å². The van der Waals surface area contributed by atoms with Crippen molar-refractivity contribution in [1.29, 1.82) is 0 Å². The fraction of sp³-hybridized carbons (Fsp3) is 0.545. The van der Waals surface area contributed by atoms with E-state index in [2.05, 4.69) is 37.2 Å². The summed E-state index contributed by atoms with van der Waals surface area (Å²) in [5, 5.41) is 3.31. The third-order valence-electron chi connectivity index (χ3n) is 7.94. The Balaban J connectivity index is 0.000000236. The van der Waals surface area contributed by atoms with Crippen LogP contribution in [0.1, 0.15) is 94.9 Å². The summed E-state index contributed by atoms with van der Waals surface area (Å²) in [6.07, 6.45) is 3.66. The van der Waals surface area contributed by atoms with Crippen LogP contribution in [-0.2, 0) is 4.74 Å². The van der Waals surface area contributed by atoms with Crippen molar-refractivity contribution < 1.29 is 28.6 Å². The molecule has 1 N–H and O–H groups in total. The van der Waals surface area contributed by atoms with Crippen molar-refractivity contribution in [3.05, 3.63) is 56.5 Å². The van der Waals surface area contributed by atoms with Crippen molar-refractivity contribution in [3.63, 3.8) is 0 Å². The molecule has 0 aliphatic carbocycles. The first-order chi connectivity index (χ1) is 19.4. The van der Waals surface area contributed by atoms with Crippen molar-refractivity contribution in [3.8, 4) is 11.5 Å². The van der Waals surface area contributed by atoms with Crippen LogP contribution in [0, 0.1) is 0 Å². The molecule has 6 rings (SSSR count). The molecule has 2 spiro atoms. The van der Waals surface area contributed by atoms with Gasteiger partial charge in [0, 0.05) is 47.7 Å². The molecule has 43 heavy (non-hydrogen) atoms. The molecule has 0 aromatic heterocycles. The standard InChI is InChI=1S/C18H22BrNO4.C13H14BrNO2.2CH4/c1-17(2,3)24-16(22)20-8-6-18(7-9-20)11-14(21)13-10-12(19)4-5-15(13)23-18;14-9-1-2-12-10(7-9)11(16)8-13(17-12)3-5-15-6-4-13;;/h4-5,10H,6-9,11H2,1-3H3;1-2,7,15H,3-6,8H2;2*1H4. The average molecular weight is 725 g/mol. The number of nitrogens with zero attached hydrogens (tertiary/aromatic N) is 1. The van der Waals surface area contributed by atoms with Gasteiger partial charge < -0.3 is 24.4 Å². The number of hydrogen-bond donors (Lipinski definition) is 1. The van der Waals surface area contributed by atoms with Gasteiger partial charge >= 0.3 is 6.09 Å². The third kappa shape index (κ3) is 8.19. The third-order valence-corrected chi connectivity index (χ3v) is 8.93. The smallest absolute Gasteiger partial charge is 0.410 e. The van der Waals surface area contributed by atoms with Crippen molar-refractivity contribution in [2.45, 2.75) is 91.0 Å². The molecule has 10 heteroatoms. The number of ketones is 2. The van der Waals surface area contributed by atoms with Crippen LogP contribution in [0.25, 0.3) is 0 Å². The quantitative estimate of drug-likeness (QED) is 0.295. The van der Waals surface area contributed by atoms with Gasteiger partial charge in [-0.3, -0.25) is 9.59 Å². The number of benzene rings is 2. The van der Waals surface area contributed by atoms with Gasteiger partial charge in [0.15, 0.2) is 11.6 Å². The predicted molar refractivity (Wildman–Crippen MR) is 176 cm³/mol. The molecule has 2 fully saturated rings. The molecular weight excluding hydrogens is 680 g/mol. The molecule has 2 aromatic rings. The molecule has 2 saturated heterocycles. The van der Waals surface area contributed by atoms with Crippen LogP contribution in [-0.4, -0.2) is 65.5 Å². The number of carbonyl (C=O) groups excluding carboxylic acids is 3. The van der Waals surface area contributed by atoms with E-state index in [1.165, 1.54) is 0 Å². The zero-order valence-electron chi connectivity index (χ0n) is 23.7. The lowest BCUT2D eigenvalue weighted by atomic mass is 9.82. The van der Waals surface area contributed by atoms with Crippen LogP contribution in [0.3, 0.4) is 0 Å². The van der Waals surface area contributed by atoms with E-state index in [1.807, 2.05) is 51.1 Å². The summed E-state index contributed by atoms with van der Waals surface area (Å²) < 4.78 is 19.5. The average Bonchev–Trinajstić information content (AvgIpc) is 2.90.